The molecule has 142 valence electrons. The molecular formula is C21H23NO5. The second kappa shape index (κ2) is 7.80. The van der Waals surface area contributed by atoms with E-state index in [1.165, 1.54) is 21.1 Å². The molecule has 2 aromatic rings. The fraction of sp³-hybridized carbons (Fsp3) is 0.333. The zero-order chi connectivity index (χ0) is 19.6. The number of aliphatic hydroxyl groups is 1. The van der Waals surface area contributed by atoms with E-state index in [0.29, 0.717) is 0 Å². The normalized spacial score (nSPS) is 14.7. The van der Waals surface area contributed by atoms with Gasteiger partial charge < -0.3 is 14.6 Å². The number of carbonyl (C=O) groups excluding carboxylic acids is 2. The maximum atomic E-state index is 12.5. The van der Waals surface area contributed by atoms with Crippen LogP contribution in [0.25, 0.3) is 11.1 Å². The van der Waals surface area contributed by atoms with Crippen LogP contribution in [0.4, 0.5) is 4.79 Å². The smallest absolute Gasteiger partial charge is 0.410 e. The van der Waals surface area contributed by atoms with E-state index in [9.17, 15) is 14.7 Å². The molecule has 6 heteroatoms. The van der Waals surface area contributed by atoms with Crippen LogP contribution in [0.15, 0.2) is 48.5 Å². The molecule has 2 atom stereocenters. The number of rotatable bonds is 5. The van der Waals surface area contributed by atoms with Gasteiger partial charge in [-0.25, -0.2) is 9.59 Å². The third kappa shape index (κ3) is 3.53. The van der Waals surface area contributed by atoms with Gasteiger partial charge in [0.05, 0.1) is 13.2 Å². The van der Waals surface area contributed by atoms with Crippen LogP contribution in [-0.2, 0) is 14.3 Å². The van der Waals surface area contributed by atoms with Gasteiger partial charge in [-0.3, -0.25) is 4.90 Å². The summed E-state index contributed by atoms with van der Waals surface area (Å²) < 4.78 is 10.2. The van der Waals surface area contributed by atoms with Crippen molar-refractivity contribution in [3.05, 3.63) is 59.7 Å². The molecule has 1 N–H and O–H groups in total. The number of esters is 1. The second-order valence-electron chi connectivity index (χ2n) is 6.62. The maximum Gasteiger partial charge on any atom is 0.410 e. The first-order chi connectivity index (χ1) is 13.0. The molecule has 6 nitrogen and oxygen atoms in total. The molecule has 0 heterocycles. The van der Waals surface area contributed by atoms with Crippen molar-refractivity contribution in [1.82, 2.24) is 4.90 Å². The lowest BCUT2D eigenvalue weighted by Gasteiger charge is -2.27. The fourth-order valence-corrected chi connectivity index (χ4v) is 3.61. The number of hydrogen-bond donors (Lipinski definition) is 1. The zero-order valence-corrected chi connectivity index (χ0v) is 15.6. The Morgan fingerprint density at radius 1 is 1.07 bits per heavy atom. The molecule has 0 saturated carbocycles. The molecule has 0 saturated heterocycles. The van der Waals surface area contributed by atoms with Gasteiger partial charge in [-0.05, 0) is 29.2 Å². The van der Waals surface area contributed by atoms with E-state index in [2.05, 4.69) is 16.9 Å². The summed E-state index contributed by atoms with van der Waals surface area (Å²) in [6.45, 7) is 1.57. The summed E-state index contributed by atoms with van der Waals surface area (Å²) in [5.74, 6) is -0.765. The van der Waals surface area contributed by atoms with Crippen molar-refractivity contribution in [2.45, 2.75) is 25.0 Å². The SMILES string of the molecule is COC(=O)C(C(C)O)N(C)C(=O)OCC1c2ccccc2-c2ccccc21. The van der Waals surface area contributed by atoms with E-state index in [4.69, 9.17) is 4.74 Å². The molecule has 2 aromatic carbocycles. The van der Waals surface area contributed by atoms with Crippen LogP contribution in [0.3, 0.4) is 0 Å². The van der Waals surface area contributed by atoms with Crippen molar-refractivity contribution in [2.75, 3.05) is 20.8 Å². The first-order valence-electron chi connectivity index (χ1n) is 8.79. The molecule has 0 spiro atoms. The van der Waals surface area contributed by atoms with Gasteiger partial charge in [-0.15, -0.1) is 0 Å². The number of carbonyl (C=O) groups is 2. The van der Waals surface area contributed by atoms with Gasteiger partial charge in [0.25, 0.3) is 0 Å². The third-order valence-electron chi connectivity index (χ3n) is 4.94. The van der Waals surface area contributed by atoms with Crippen molar-refractivity contribution in [2.24, 2.45) is 0 Å². The Bertz CT molecular complexity index is 802. The Kier molecular flexibility index (Phi) is 5.46. The Morgan fingerprint density at radius 3 is 2.07 bits per heavy atom. The standard InChI is InChI=1S/C21H23NO5/c1-13(23)19(20(24)26-3)22(2)21(25)27-12-18-16-10-6-4-8-14(16)15-9-5-7-11-17(15)18/h4-11,13,18-19,23H,12H2,1-3H3. The monoisotopic (exact) mass is 369 g/mol. The lowest BCUT2D eigenvalue weighted by Crippen LogP contribution is -2.49. The number of ether oxygens (including phenoxy) is 2. The van der Waals surface area contributed by atoms with Crippen LogP contribution in [-0.4, -0.2) is 55.0 Å². The molecule has 1 aliphatic rings. The number of amides is 1. The van der Waals surface area contributed by atoms with E-state index >= 15 is 0 Å². The molecule has 0 fully saturated rings. The van der Waals surface area contributed by atoms with Crippen LogP contribution >= 0.6 is 0 Å². The molecule has 0 bridgehead atoms. The first-order valence-corrected chi connectivity index (χ1v) is 8.79. The van der Waals surface area contributed by atoms with E-state index in [1.807, 2.05) is 36.4 Å². The number of methoxy groups -OCH3 is 1. The number of nitrogens with zero attached hydrogens (tertiary/aromatic N) is 1. The summed E-state index contributed by atoms with van der Waals surface area (Å²) in [6, 6.07) is 15.0. The topological polar surface area (TPSA) is 76.1 Å². The minimum Gasteiger partial charge on any atom is -0.467 e. The van der Waals surface area contributed by atoms with E-state index in [1.54, 1.807) is 0 Å². The van der Waals surface area contributed by atoms with Crippen LogP contribution in [0.2, 0.25) is 0 Å². The first kappa shape index (κ1) is 18.9. The Morgan fingerprint density at radius 2 is 1.59 bits per heavy atom. The minimum atomic E-state index is -1.12. The lowest BCUT2D eigenvalue weighted by molar-refractivity contribution is -0.149. The zero-order valence-electron chi connectivity index (χ0n) is 15.6. The molecular weight excluding hydrogens is 346 g/mol. The van der Waals surface area contributed by atoms with Gasteiger partial charge in [0.2, 0.25) is 0 Å². The summed E-state index contributed by atoms with van der Waals surface area (Å²) in [4.78, 5) is 25.4. The van der Waals surface area contributed by atoms with Gasteiger partial charge in [0, 0.05) is 13.0 Å². The highest BCUT2D eigenvalue weighted by molar-refractivity contribution is 5.82. The minimum absolute atomic E-state index is 0.0714. The summed E-state index contributed by atoms with van der Waals surface area (Å²) in [7, 11) is 2.62. The van der Waals surface area contributed by atoms with Gasteiger partial charge in [-0.1, -0.05) is 48.5 Å². The average Bonchev–Trinajstić information content (AvgIpc) is 2.99. The highest BCUT2D eigenvalue weighted by Gasteiger charge is 2.34. The second-order valence-corrected chi connectivity index (χ2v) is 6.62. The number of fused-ring (bicyclic) bond motifs is 3. The lowest BCUT2D eigenvalue weighted by atomic mass is 9.98. The Balaban J connectivity index is 1.77. The number of aliphatic hydroxyl groups excluding tert-OH is 1. The summed E-state index contributed by atoms with van der Waals surface area (Å²) in [5, 5.41) is 9.82. The molecule has 2 unspecified atom stereocenters. The fourth-order valence-electron chi connectivity index (χ4n) is 3.61. The quantitative estimate of drug-likeness (QED) is 0.820. The molecule has 27 heavy (non-hydrogen) atoms. The van der Waals surface area contributed by atoms with Crippen molar-refractivity contribution in [3.8, 4) is 11.1 Å². The highest BCUT2D eigenvalue weighted by Crippen LogP contribution is 2.44. The highest BCUT2D eigenvalue weighted by atomic mass is 16.6. The third-order valence-corrected chi connectivity index (χ3v) is 4.94. The van der Waals surface area contributed by atoms with Crippen molar-refractivity contribution in [3.63, 3.8) is 0 Å². The number of benzene rings is 2. The van der Waals surface area contributed by atoms with Gasteiger partial charge >= 0.3 is 12.1 Å². The summed E-state index contributed by atoms with van der Waals surface area (Å²) in [5.41, 5.74) is 4.49. The summed E-state index contributed by atoms with van der Waals surface area (Å²) >= 11 is 0. The van der Waals surface area contributed by atoms with Crippen LogP contribution in [0, 0.1) is 0 Å². The van der Waals surface area contributed by atoms with E-state index < -0.39 is 24.2 Å². The number of likely N-dealkylation sites (N-methyl/N-ethyl adjacent to an activating group) is 1. The Hall–Kier alpha value is -2.86. The molecule has 1 amide bonds. The van der Waals surface area contributed by atoms with Gasteiger partial charge in [0.15, 0.2) is 6.04 Å². The predicted octanol–water partition coefficient (Wildman–Crippen LogP) is 2.79. The van der Waals surface area contributed by atoms with E-state index in [-0.39, 0.29) is 12.5 Å². The average molecular weight is 369 g/mol. The molecule has 0 aromatic heterocycles. The van der Waals surface area contributed by atoms with Crippen molar-refractivity contribution < 1.29 is 24.2 Å². The van der Waals surface area contributed by atoms with Gasteiger partial charge in [-0.2, -0.15) is 0 Å². The van der Waals surface area contributed by atoms with E-state index in [0.717, 1.165) is 27.2 Å². The Labute approximate surface area is 158 Å². The van der Waals surface area contributed by atoms with Crippen LogP contribution in [0.5, 0.6) is 0 Å². The predicted molar refractivity (Wildman–Crippen MR) is 100 cm³/mol. The van der Waals surface area contributed by atoms with Crippen LogP contribution < -0.4 is 0 Å². The molecule has 0 aliphatic heterocycles. The summed E-state index contributed by atoms with van der Waals surface area (Å²) in [6.07, 6.45) is -1.77. The van der Waals surface area contributed by atoms with Crippen molar-refractivity contribution >= 4 is 12.1 Å². The largest absolute Gasteiger partial charge is 0.467 e. The van der Waals surface area contributed by atoms with Crippen molar-refractivity contribution in [1.29, 1.82) is 0 Å². The van der Waals surface area contributed by atoms with Gasteiger partial charge in [0.1, 0.15) is 6.61 Å². The van der Waals surface area contributed by atoms with Crippen LogP contribution in [0.1, 0.15) is 24.0 Å². The molecule has 0 radical (unpaired) electrons. The molecule has 3 rings (SSSR count). The maximum absolute atomic E-state index is 12.5. The number of hydrogen-bond acceptors (Lipinski definition) is 5. The molecule has 1 aliphatic carbocycles.